The van der Waals surface area contributed by atoms with Gasteiger partial charge in [0.2, 0.25) is 0 Å². The van der Waals surface area contributed by atoms with Crippen molar-refractivity contribution in [3.8, 4) is 11.1 Å². The molecule has 5 heteroatoms. The summed E-state index contributed by atoms with van der Waals surface area (Å²) >= 11 is 0. The Hall–Kier alpha value is -2.11. The third-order valence-corrected chi connectivity index (χ3v) is 5.05. The minimum Gasteiger partial charge on any atom is -0.381 e. The standard InChI is InChI=1S/C23H25F3O2/c1-3-11-27-13-16-6-10-21(28-14-16)19-9-8-18(22(25)23(19)26)17-7-5-15(4-2)12-20(17)24/h4-5,7-9,12,16,21H,2-3,6,10-11,13-14H2,1H3. The van der Waals surface area contributed by atoms with Gasteiger partial charge in [-0.2, -0.15) is 0 Å². The molecule has 2 nitrogen and oxygen atoms in total. The summed E-state index contributed by atoms with van der Waals surface area (Å²) in [7, 11) is 0. The Bertz CT molecular complexity index is 827. The monoisotopic (exact) mass is 390 g/mol. The fraction of sp³-hybridized carbons (Fsp3) is 0.391. The Morgan fingerprint density at radius 2 is 1.89 bits per heavy atom. The summed E-state index contributed by atoms with van der Waals surface area (Å²) in [6.07, 6.45) is 3.38. The first-order chi connectivity index (χ1) is 13.5. The molecule has 1 saturated heterocycles. The molecule has 0 spiro atoms. The Kier molecular flexibility index (Phi) is 6.92. The fourth-order valence-electron chi connectivity index (χ4n) is 3.47. The molecule has 1 heterocycles. The van der Waals surface area contributed by atoms with E-state index in [4.69, 9.17) is 9.47 Å². The lowest BCUT2D eigenvalue weighted by molar-refractivity contribution is -0.0448. The van der Waals surface area contributed by atoms with E-state index in [0.29, 0.717) is 31.8 Å². The number of hydrogen-bond donors (Lipinski definition) is 0. The van der Waals surface area contributed by atoms with Gasteiger partial charge in [-0.15, -0.1) is 0 Å². The molecule has 0 aromatic heterocycles. The highest BCUT2D eigenvalue weighted by molar-refractivity contribution is 5.67. The van der Waals surface area contributed by atoms with E-state index < -0.39 is 23.6 Å². The predicted molar refractivity (Wildman–Crippen MR) is 104 cm³/mol. The topological polar surface area (TPSA) is 18.5 Å². The van der Waals surface area contributed by atoms with Gasteiger partial charge in [0.15, 0.2) is 11.6 Å². The van der Waals surface area contributed by atoms with Crippen LogP contribution in [0, 0.1) is 23.4 Å². The third kappa shape index (κ3) is 4.47. The highest BCUT2D eigenvalue weighted by Crippen LogP contribution is 2.36. The zero-order valence-corrected chi connectivity index (χ0v) is 16.0. The lowest BCUT2D eigenvalue weighted by Gasteiger charge is -2.29. The summed E-state index contributed by atoms with van der Waals surface area (Å²) in [5.41, 5.74) is 0.673. The minimum absolute atomic E-state index is 0.0197. The van der Waals surface area contributed by atoms with Crippen LogP contribution >= 0.6 is 0 Å². The van der Waals surface area contributed by atoms with Gasteiger partial charge in [0.05, 0.1) is 19.3 Å². The summed E-state index contributed by atoms with van der Waals surface area (Å²) in [6.45, 7) is 7.41. The normalized spacial score (nSPS) is 19.6. The number of benzene rings is 2. The predicted octanol–water partition coefficient (Wildman–Crippen LogP) is 6.31. The second kappa shape index (κ2) is 9.39. The molecule has 0 radical (unpaired) electrons. The van der Waals surface area contributed by atoms with E-state index in [9.17, 15) is 13.2 Å². The Balaban J connectivity index is 1.75. The van der Waals surface area contributed by atoms with Crippen LogP contribution in [0.3, 0.4) is 0 Å². The number of ether oxygens (including phenoxy) is 2. The second-order valence-electron chi connectivity index (χ2n) is 7.11. The van der Waals surface area contributed by atoms with Crippen molar-refractivity contribution in [1.82, 2.24) is 0 Å². The molecule has 1 fully saturated rings. The van der Waals surface area contributed by atoms with Crippen molar-refractivity contribution >= 4 is 6.08 Å². The molecule has 150 valence electrons. The molecular formula is C23H25F3O2. The van der Waals surface area contributed by atoms with Gasteiger partial charge in [0.1, 0.15) is 5.82 Å². The van der Waals surface area contributed by atoms with Gasteiger partial charge in [-0.05, 0) is 30.9 Å². The molecule has 2 aromatic carbocycles. The van der Waals surface area contributed by atoms with Gasteiger partial charge in [-0.1, -0.05) is 43.8 Å². The molecule has 1 aliphatic heterocycles. The van der Waals surface area contributed by atoms with Crippen LogP contribution in [-0.2, 0) is 9.47 Å². The molecule has 0 bridgehead atoms. The number of hydrogen-bond acceptors (Lipinski definition) is 2. The maximum Gasteiger partial charge on any atom is 0.167 e. The lowest BCUT2D eigenvalue weighted by atomic mass is 9.93. The first kappa shape index (κ1) is 20.6. The summed E-state index contributed by atoms with van der Waals surface area (Å²) in [4.78, 5) is 0. The summed E-state index contributed by atoms with van der Waals surface area (Å²) in [5, 5.41) is 0. The van der Waals surface area contributed by atoms with Crippen molar-refractivity contribution in [2.45, 2.75) is 32.3 Å². The molecule has 28 heavy (non-hydrogen) atoms. The molecule has 0 saturated carbocycles. The number of rotatable bonds is 7. The van der Waals surface area contributed by atoms with Crippen molar-refractivity contribution < 1.29 is 22.6 Å². The van der Waals surface area contributed by atoms with Gasteiger partial charge in [-0.25, -0.2) is 13.2 Å². The van der Waals surface area contributed by atoms with Crippen LogP contribution in [0.2, 0.25) is 0 Å². The van der Waals surface area contributed by atoms with E-state index in [0.717, 1.165) is 12.8 Å². The lowest BCUT2D eigenvalue weighted by Crippen LogP contribution is -2.25. The Morgan fingerprint density at radius 3 is 2.54 bits per heavy atom. The quantitative estimate of drug-likeness (QED) is 0.516. The van der Waals surface area contributed by atoms with Crippen molar-refractivity contribution in [3.05, 3.63) is 65.5 Å². The van der Waals surface area contributed by atoms with Crippen LogP contribution in [0.15, 0.2) is 36.9 Å². The average molecular weight is 390 g/mol. The van der Waals surface area contributed by atoms with Gasteiger partial charge in [0.25, 0.3) is 0 Å². The maximum atomic E-state index is 14.7. The van der Waals surface area contributed by atoms with Crippen LogP contribution in [-0.4, -0.2) is 19.8 Å². The number of halogens is 3. The van der Waals surface area contributed by atoms with E-state index in [-0.39, 0.29) is 22.6 Å². The molecular weight excluding hydrogens is 365 g/mol. The van der Waals surface area contributed by atoms with Crippen LogP contribution in [0.1, 0.15) is 43.4 Å². The molecule has 0 amide bonds. The van der Waals surface area contributed by atoms with E-state index >= 15 is 0 Å². The highest BCUT2D eigenvalue weighted by atomic mass is 19.2. The van der Waals surface area contributed by atoms with Crippen molar-refractivity contribution in [2.24, 2.45) is 5.92 Å². The molecule has 3 rings (SSSR count). The summed E-state index contributed by atoms with van der Waals surface area (Å²) < 4.78 is 55.0. The van der Waals surface area contributed by atoms with Crippen LogP contribution in [0.5, 0.6) is 0 Å². The van der Waals surface area contributed by atoms with Gasteiger partial charge in [0, 0.05) is 29.2 Å². The van der Waals surface area contributed by atoms with E-state index in [1.165, 1.54) is 30.3 Å². The van der Waals surface area contributed by atoms with Gasteiger partial charge >= 0.3 is 0 Å². The van der Waals surface area contributed by atoms with Crippen molar-refractivity contribution in [1.29, 1.82) is 0 Å². The van der Waals surface area contributed by atoms with Gasteiger partial charge in [-0.3, -0.25) is 0 Å². The SMILES string of the molecule is C=Cc1ccc(-c2ccc(C3CCC(COCCC)CO3)c(F)c2F)c(F)c1. The highest BCUT2D eigenvalue weighted by Gasteiger charge is 2.27. The second-order valence-corrected chi connectivity index (χ2v) is 7.11. The summed E-state index contributed by atoms with van der Waals surface area (Å²) in [6, 6.07) is 7.20. The fourth-order valence-corrected chi connectivity index (χ4v) is 3.47. The van der Waals surface area contributed by atoms with Gasteiger partial charge < -0.3 is 9.47 Å². The van der Waals surface area contributed by atoms with E-state index in [2.05, 4.69) is 6.58 Å². The van der Waals surface area contributed by atoms with Crippen LogP contribution in [0.25, 0.3) is 17.2 Å². The Morgan fingerprint density at radius 1 is 1.11 bits per heavy atom. The van der Waals surface area contributed by atoms with E-state index in [1.54, 1.807) is 6.07 Å². The average Bonchev–Trinajstić information content (AvgIpc) is 2.71. The first-order valence-electron chi connectivity index (χ1n) is 9.64. The zero-order chi connectivity index (χ0) is 20.1. The molecule has 1 aliphatic rings. The van der Waals surface area contributed by atoms with E-state index in [1.807, 2.05) is 6.92 Å². The Labute approximate surface area is 164 Å². The molecule has 0 aliphatic carbocycles. The third-order valence-electron chi connectivity index (χ3n) is 5.05. The molecule has 2 unspecified atom stereocenters. The summed E-state index contributed by atoms with van der Waals surface area (Å²) in [5.74, 6) is -2.38. The van der Waals surface area contributed by atoms with Crippen molar-refractivity contribution in [2.75, 3.05) is 19.8 Å². The van der Waals surface area contributed by atoms with Crippen molar-refractivity contribution in [3.63, 3.8) is 0 Å². The largest absolute Gasteiger partial charge is 0.381 e. The smallest absolute Gasteiger partial charge is 0.167 e. The molecule has 0 N–H and O–H groups in total. The van der Waals surface area contributed by atoms with Crippen LogP contribution < -0.4 is 0 Å². The first-order valence-corrected chi connectivity index (χ1v) is 9.64. The zero-order valence-electron chi connectivity index (χ0n) is 16.0. The molecule has 2 atom stereocenters. The maximum absolute atomic E-state index is 14.7. The molecule has 2 aromatic rings. The minimum atomic E-state index is -1.06. The van der Waals surface area contributed by atoms with Crippen LogP contribution in [0.4, 0.5) is 13.2 Å².